The Morgan fingerprint density at radius 2 is 1.09 bits per heavy atom. The molecule has 8 heteroatoms. The Bertz CT molecular complexity index is 868. The van der Waals surface area contributed by atoms with Crippen molar-refractivity contribution in [1.29, 1.82) is 0 Å². The molecule has 0 aromatic heterocycles. The zero-order valence-corrected chi connectivity index (χ0v) is 28.0. The summed E-state index contributed by atoms with van der Waals surface area (Å²) in [6.45, 7) is 14.0. The molecule has 0 radical (unpaired) electrons. The van der Waals surface area contributed by atoms with E-state index in [9.17, 15) is 9.59 Å². The lowest BCUT2D eigenvalue weighted by molar-refractivity contribution is -0.00592. The minimum Gasteiger partial charge on any atom is -0.444 e. The highest BCUT2D eigenvalue weighted by Crippen LogP contribution is 2.40. The molecule has 5 atom stereocenters. The number of carbonyl (C=O) groups excluding carboxylic acids is 2. The second-order valence-corrected chi connectivity index (χ2v) is 15.4. The molecule has 0 spiro atoms. The van der Waals surface area contributed by atoms with Crippen LogP contribution in [0.15, 0.2) is 0 Å². The van der Waals surface area contributed by atoms with Crippen molar-refractivity contribution in [3.05, 3.63) is 0 Å². The highest BCUT2D eigenvalue weighted by molar-refractivity contribution is 5.75. The van der Waals surface area contributed by atoms with Gasteiger partial charge in [0.25, 0.3) is 0 Å². The Balaban J connectivity index is 0.000000171. The maximum absolute atomic E-state index is 12.5. The molecule has 8 nitrogen and oxygen atoms in total. The zero-order chi connectivity index (χ0) is 30.4. The number of nitrogens with zero attached hydrogens (tertiary/aromatic N) is 4. The first kappa shape index (κ1) is 32.8. The molecular formula is C35H63N5O3. The third kappa shape index (κ3) is 8.59. The number of rotatable bonds is 6. The highest BCUT2D eigenvalue weighted by Gasteiger charge is 2.46. The molecule has 6 heterocycles. The number of carbonyl (C=O) groups is 2. The second-order valence-electron chi connectivity index (χ2n) is 15.4. The quantitative estimate of drug-likeness (QED) is 0.340. The van der Waals surface area contributed by atoms with Crippen molar-refractivity contribution in [3.63, 3.8) is 0 Å². The fourth-order valence-electron chi connectivity index (χ4n) is 9.07. The minimum absolute atomic E-state index is 0.0907. The van der Waals surface area contributed by atoms with E-state index in [0.29, 0.717) is 30.2 Å². The zero-order valence-electron chi connectivity index (χ0n) is 28.0. The number of piperidine rings is 4. The van der Waals surface area contributed by atoms with Crippen molar-refractivity contribution in [2.45, 2.75) is 179 Å². The van der Waals surface area contributed by atoms with Gasteiger partial charge in [0.05, 0.1) is 0 Å². The molecule has 0 aromatic carbocycles. The Kier molecular flexibility index (Phi) is 11.6. The average Bonchev–Trinajstić information content (AvgIpc) is 3.43. The summed E-state index contributed by atoms with van der Waals surface area (Å²) in [6, 6.07) is 3.45. The van der Waals surface area contributed by atoms with Crippen LogP contribution in [-0.2, 0) is 4.74 Å². The van der Waals surface area contributed by atoms with Gasteiger partial charge in [0.2, 0.25) is 0 Å². The van der Waals surface area contributed by atoms with Crippen molar-refractivity contribution in [3.8, 4) is 0 Å². The summed E-state index contributed by atoms with van der Waals surface area (Å²) in [6.07, 6.45) is 21.1. The van der Waals surface area contributed by atoms with Crippen LogP contribution in [0.2, 0.25) is 0 Å². The van der Waals surface area contributed by atoms with Gasteiger partial charge >= 0.3 is 12.1 Å². The van der Waals surface area contributed by atoms with Gasteiger partial charge in [-0.25, -0.2) is 9.59 Å². The van der Waals surface area contributed by atoms with Gasteiger partial charge in [-0.15, -0.1) is 0 Å². The summed E-state index contributed by atoms with van der Waals surface area (Å²) in [5.74, 6) is 0. The highest BCUT2D eigenvalue weighted by atomic mass is 16.6. The van der Waals surface area contributed by atoms with E-state index in [2.05, 4.69) is 31.8 Å². The number of amides is 3. The third-order valence-electron chi connectivity index (χ3n) is 11.1. The van der Waals surface area contributed by atoms with Crippen LogP contribution in [0.4, 0.5) is 9.59 Å². The molecular weight excluding hydrogens is 538 g/mol. The van der Waals surface area contributed by atoms with Crippen LogP contribution in [0.1, 0.15) is 137 Å². The molecule has 4 bridgehead atoms. The number of unbranched alkanes of at least 4 members (excludes halogenated alkanes) is 2. The largest absolute Gasteiger partial charge is 0.444 e. The van der Waals surface area contributed by atoms with Crippen molar-refractivity contribution in [1.82, 2.24) is 24.9 Å². The molecule has 2 unspecified atom stereocenters. The molecule has 0 aromatic rings. The maximum Gasteiger partial charge on any atom is 0.410 e. The SMILES string of the molecule is CC(C)(C)OC(=O)N1C2CCC1CC(N1CCCCC1)C2.CCCCCNC(=O)N1[C@@H]2CC[C@H]1C[C@H](N1CCCCC1)C2. The number of ether oxygens (including phenoxy) is 1. The van der Waals surface area contributed by atoms with E-state index in [1.54, 1.807) is 0 Å². The molecule has 6 fully saturated rings. The van der Waals surface area contributed by atoms with Crippen LogP contribution in [0.25, 0.3) is 0 Å². The molecule has 6 rings (SSSR count). The van der Waals surface area contributed by atoms with Crippen molar-refractivity contribution in [2.75, 3.05) is 32.7 Å². The lowest BCUT2D eigenvalue weighted by Crippen LogP contribution is -2.55. The van der Waals surface area contributed by atoms with E-state index in [4.69, 9.17) is 4.74 Å². The first-order valence-electron chi connectivity index (χ1n) is 18.3. The van der Waals surface area contributed by atoms with Gasteiger partial charge in [0.15, 0.2) is 0 Å². The van der Waals surface area contributed by atoms with Gasteiger partial charge < -0.3 is 29.7 Å². The van der Waals surface area contributed by atoms with E-state index in [0.717, 1.165) is 44.7 Å². The van der Waals surface area contributed by atoms with Gasteiger partial charge in [-0.2, -0.15) is 0 Å². The number of fused-ring (bicyclic) bond motifs is 4. The number of likely N-dealkylation sites (tertiary alicyclic amines) is 2. The van der Waals surface area contributed by atoms with E-state index in [-0.39, 0.29) is 17.7 Å². The number of urea groups is 1. The van der Waals surface area contributed by atoms with Crippen molar-refractivity contribution < 1.29 is 14.3 Å². The lowest BCUT2D eigenvalue weighted by atomic mass is 9.94. The number of hydrogen-bond acceptors (Lipinski definition) is 5. The van der Waals surface area contributed by atoms with Crippen molar-refractivity contribution in [2.24, 2.45) is 0 Å². The maximum atomic E-state index is 12.5. The van der Waals surface area contributed by atoms with Crippen LogP contribution in [0, 0.1) is 0 Å². The lowest BCUT2D eigenvalue weighted by Gasteiger charge is -2.44. The minimum atomic E-state index is -0.389. The van der Waals surface area contributed by atoms with E-state index >= 15 is 0 Å². The standard InChI is InChI=1S/C18H33N3O.C17H30N2O2/c1-2-3-5-10-19-18(22)21-15-8-9-16(21)14-17(13-15)20-11-6-4-7-12-20;1-17(2,3)21-16(20)19-13-7-8-14(19)12-15(11-13)18-9-5-4-6-10-18/h15-17H,2-14H2,1H3,(H,19,22);13-15H,4-12H2,1-3H3/t15-,16+,17-;. The van der Waals surface area contributed by atoms with Gasteiger partial charge in [0.1, 0.15) is 5.60 Å². The Morgan fingerprint density at radius 1 is 0.651 bits per heavy atom. The molecule has 3 amide bonds. The molecule has 246 valence electrons. The second kappa shape index (κ2) is 15.2. The molecule has 1 N–H and O–H groups in total. The Labute approximate surface area is 262 Å². The molecule has 0 saturated carbocycles. The van der Waals surface area contributed by atoms with Crippen LogP contribution >= 0.6 is 0 Å². The molecule has 6 aliphatic rings. The summed E-state index contributed by atoms with van der Waals surface area (Å²) in [5.41, 5.74) is -0.389. The summed E-state index contributed by atoms with van der Waals surface area (Å²) in [4.78, 5) is 34.6. The van der Waals surface area contributed by atoms with Crippen LogP contribution in [-0.4, -0.2) is 106 Å². The van der Waals surface area contributed by atoms with E-state index in [1.807, 2.05) is 20.8 Å². The fourth-order valence-corrected chi connectivity index (χ4v) is 9.07. The summed E-state index contributed by atoms with van der Waals surface area (Å²) in [7, 11) is 0. The van der Waals surface area contributed by atoms with E-state index in [1.165, 1.54) is 103 Å². The first-order valence-corrected chi connectivity index (χ1v) is 18.3. The smallest absolute Gasteiger partial charge is 0.410 e. The molecule has 43 heavy (non-hydrogen) atoms. The predicted octanol–water partition coefficient (Wildman–Crippen LogP) is 6.77. The normalized spacial score (nSPS) is 33.1. The summed E-state index contributed by atoms with van der Waals surface area (Å²) in [5, 5.41) is 3.16. The van der Waals surface area contributed by atoms with Gasteiger partial charge in [0, 0.05) is 42.8 Å². The number of nitrogens with one attached hydrogen (secondary N) is 1. The first-order chi connectivity index (χ1) is 20.7. The summed E-state index contributed by atoms with van der Waals surface area (Å²) >= 11 is 0. The molecule has 6 saturated heterocycles. The van der Waals surface area contributed by atoms with Crippen molar-refractivity contribution >= 4 is 12.1 Å². The monoisotopic (exact) mass is 601 g/mol. The van der Waals surface area contributed by atoms with Gasteiger partial charge in [-0.1, -0.05) is 32.6 Å². The number of hydrogen-bond donors (Lipinski definition) is 1. The van der Waals surface area contributed by atoms with Crippen LogP contribution < -0.4 is 5.32 Å². The predicted molar refractivity (Wildman–Crippen MR) is 173 cm³/mol. The topological polar surface area (TPSA) is 68.4 Å². The van der Waals surface area contributed by atoms with E-state index < -0.39 is 0 Å². The van der Waals surface area contributed by atoms with Crippen LogP contribution in [0.3, 0.4) is 0 Å². The molecule has 6 aliphatic heterocycles. The summed E-state index contributed by atoms with van der Waals surface area (Å²) < 4.78 is 5.61. The van der Waals surface area contributed by atoms with Gasteiger partial charge in [-0.05, 0) is 130 Å². The fraction of sp³-hybridized carbons (Fsp3) is 0.943. The Hall–Kier alpha value is -1.54. The van der Waals surface area contributed by atoms with Crippen LogP contribution in [0.5, 0.6) is 0 Å². The van der Waals surface area contributed by atoms with Gasteiger partial charge in [-0.3, -0.25) is 0 Å². The third-order valence-corrected chi connectivity index (χ3v) is 11.1. The Morgan fingerprint density at radius 3 is 1.51 bits per heavy atom. The molecule has 0 aliphatic carbocycles. The average molecular weight is 602 g/mol.